The number of carbonyl (C=O) groups is 1. The van der Waals surface area contributed by atoms with E-state index in [2.05, 4.69) is 0 Å². The zero-order chi connectivity index (χ0) is 14.7. The molecule has 1 rings (SSSR count). The van der Waals surface area contributed by atoms with Crippen LogP contribution in [0.25, 0.3) is 0 Å². The Morgan fingerprint density at radius 3 is 2.53 bits per heavy atom. The normalized spacial score (nSPS) is 25.2. The molecular formula is C12H20F3NO3. The zero-order valence-corrected chi connectivity index (χ0v) is 11.2. The van der Waals surface area contributed by atoms with Gasteiger partial charge in [0.25, 0.3) is 0 Å². The summed E-state index contributed by atoms with van der Waals surface area (Å²) in [6.07, 6.45) is -5.11. The van der Waals surface area contributed by atoms with Crippen molar-refractivity contribution in [1.29, 1.82) is 0 Å². The molecule has 0 aromatic rings. The number of rotatable bonds is 6. The molecule has 0 saturated carbocycles. The summed E-state index contributed by atoms with van der Waals surface area (Å²) >= 11 is 0. The lowest BCUT2D eigenvalue weighted by atomic mass is 9.86. The summed E-state index contributed by atoms with van der Waals surface area (Å²) in [4.78, 5) is 12.5. The third kappa shape index (κ3) is 3.82. The smallest absolute Gasteiger partial charge is 0.406 e. The van der Waals surface area contributed by atoms with Gasteiger partial charge in [-0.3, -0.25) is 9.69 Å². The van der Waals surface area contributed by atoms with Gasteiger partial charge in [-0.25, -0.2) is 0 Å². The van der Waals surface area contributed by atoms with Crippen LogP contribution in [-0.4, -0.2) is 55.0 Å². The third-order valence-electron chi connectivity index (χ3n) is 3.30. The van der Waals surface area contributed by atoms with Crippen molar-refractivity contribution in [3.05, 3.63) is 0 Å². The number of ether oxygens (including phenoxy) is 1. The van der Waals surface area contributed by atoms with E-state index in [1.54, 1.807) is 0 Å². The first-order chi connectivity index (χ1) is 8.69. The lowest BCUT2D eigenvalue weighted by Crippen LogP contribution is -2.47. The number of hydrogen-bond acceptors (Lipinski definition) is 3. The maximum Gasteiger partial charge on any atom is 0.406 e. The summed E-state index contributed by atoms with van der Waals surface area (Å²) < 4.78 is 44.0. The average Bonchev–Trinajstić information content (AvgIpc) is 2.69. The third-order valence-corrected chi connectivity index (χ3v) is 3.30. The number of alkyl halides is 3. The molecule has 1 fully saturated rings. The van der Waals surface area contributed by atoms with Crippen LogP contribution in [0.2, 0.25) is 0 Å². The van der Waals surface area contributed by atoms with Crippen LogP contribution >= 0.6 is 0 Å². The van der Waals surface area contributed by atoms with Crippen LogP contribution in [0.5, 0.6) is 0 Å². The van der Waals surface area contributed by atoms with Gasteiger partial charge in [0.2, 0.25) is 0 Å². The lowest BCUT2D eigenvalue weighted by molar-refractivity contribution is -0.227. The first kappa shape index (κ1) is 16.2. The van der Waals surface area contributed by atoms with E-state index >= 15 is 0 Å². The van der Waals surface area contributed by atoms with E-state index < -0.39 is 30.5 Å². The molecule has 1 aliphatic rings. The summed E-state index contributed by atoms with van der Waals surface area (Å²) in [6.45, 7) is 4.82. The fourth-order valence-corrected chi connectivity index (χ4v) is 2.12. The minimum atomic E-state index is -4.72. The molecule has 1 aliphatic heterocycles. The Bertz CT molecular complexity index is 320. The van der Waals surface area contributed by atoms with E-state index in [0.29, 0.717) is 25.7 Å². The molecule has 112 valence electrons. The Labute approximate surface area is 110 Å². The van der Waals surface area contributed by atoms with Crippen LogP contribution in [0.4, 0.5) is 13.2 Å². The fourth-order valence-electron chi connectivity index (χ4n) is 2.12. The van der Waals surface area contributed by atoms with E-state index in [1.165, 1.54) is 4.90 Å². The second-order valence-corrected chi connectivity index (χ2v) is 5.38. The molecule has 1 atom stereocenters. The largest absolute Gasteiger partial charge is 0.481 e. The van der Waals surface area contributed by atoms with Gasteiger partial charge in [-0.1, -0.05) is 13.8 Å². The van der Waals surface area contributed by atoms with Crippen LogP contribution in [0.15, 0.2) is 0 Å². The van der Waals surface area contributed by atoms with Crippen molar-refractivity contribution >= 4 is 5.97 Å². The first-order valence-electron chi connectivity index (χ1n) is 6.29. The number of nitrogens with zero attached hydrogens (tertiary/aromatic N) is 1. The van der Waals surface area contributed by atoms with E-state index in [0.717, 1.165) is 0 Å². The summed E-state index contributed by atoms with van der Waals surface area (Å²) in [5.74, 6) is -1.42. The molecule has 1 N–H and O–H groups in total. The molecule has 0 spiro atoms. The average molecular weight is 283 g/mol. The molecule has 0 aromatic carbocycles. The number of halogens is 3. The first-order valence-corrected chi connectivity index (χ1v) is 6.29. The predicted molar refractivity (Wildman–Crippen MR) is 62.8 cm³/mol. The monoisotopic (exact) mass is 283 g/mol. The molecule has 0 aliphatic carbocycles. The molecule has 1 heterocycles. The molecule has 0 radical (unpaired) electrons. The van der Waals surface area contributed by atoms with Crippen molar-refractivity contribution in [2.24, 2.45) is 11.3 Å². The summed E-state index contributed by atoms with van der Waals surface area (Å²) in [7, 11) is 0. The van der Waals surface area contributed by atoms with E-state index in [4.69, 9.17) is 9.84 Å². The summed E-state index contributed by atoms with van der Waals surface area (Å²) in [5.41, 5.74) is -2.62. The van der Waals surface area contributed by atoms with Crippen LogP contribution < -0.4 is 0 Å². The maximum absolute atomic E-state index is 12.9. The van der Waals surface area contributed by atoms with E-state index in [1.807, 2.05) is 13.8 Å². The maximum atomic E-state index is 12.9. The van der Waals surface area contributed by atoms with Crippen LogP contribution in [0.3, 0.4) is 0 Å². The van der Waals surface area contributed by atoms with E-state index in [9.17, 15) is 18.0 Å². The van der Waals surface area contributed by atoms with Gasteiger partial charge in [0.1, 0.15) is 0 Å². The van der Waals surface area contributed by atoms with Gasteiger partial charge >= 0.3 is 12.1 Å². The standard InChI is InChI=1S/C12H20F3NO3/c1-9(2)7-19-6-5-16-4-3-11(8-16,10(17)18)12(13,14)15/h9H,3-8H2,1-2H3,(H,17,18). The minimum absolute atomic E-state index is 0.136. The Morgan fingerprint density at radius 2 is 2.11 bits per heavy atom. The Hall–Kier alpha value is -0.820. The molecule has 0 amide bonds. The SMILES string of the molecule is CC(C)COCCN1CCC(C(=O)O)(C(F)(F)F)C1. The Balaban J connectivity index is 2.49. The molecule has 4 nitrogen and oxygen atoms in total. The summed E-state index contributed by atoms with van der Waals surface area (Å²) in [5, 5.41) is 8.88. The molecule has 0 bridgehead atoms. The Morgan fingerprint density at radius 1 is 1.47 bits per heavy atom. The topological polar surface area (TPSA) is 49.8 Å². The van der Waals surface area contributed by atoms with Gasteiger partial charge in [0, 0.05) is 19.7 Å². The second kappa shape index (κ2) is 6.09. The predicted octanol–water partition coefficient (Wildman–Crippen LogP) is 2.00. The molecule has 19 heavy (non-hydrogen) atoms. The quantitative estimate of drug-likeness (QED) is 0.757. The van der Waals surface area contributed by atoms with Gasteiger partial charge < -0.3 is 9.84 Å². The number of hydrogen-bond donors (Lipinski definition) is 1. The fraction of sp³-hybridized carbons (Fsp3) is 0.917. The number of carboxylic acids is 1. The highest BCUT2D eigenvalue weighted by Crippen LogP contribution is 2.45. The van der Waals surface area contributed by atoms with Crippen LogP contribution in [0.1, 0.15) is 20.3 Å². The van der Waals surface area contributed by atoms with Gasteiger partial charge in [0.15, 0.2) is 5.41 Å². The molecule has 1 saturated heterocycles. The van der Waals surface area contributed by atoms with Gasteiger partial charge in [-0.2, -0.15) is 13.2 Å². The Kier molecular flexibility index (Phi) is 5.20. The summed E-state index contributed by atoms with van der Waals surface area (Å²) in [6, 6.07) is 0. The highest BCUT2D eigenvalue weighted by atomic mass is 19.4. The van der Waals surface area contributed by atoms with Gasteiger partial charge in [0.05, 0.1) is 6.61 Å². The van der Waals surface area contributed by atoms with Crippen LogP contribution in [-0.2, 0) is 9.53 Å². The molecule has 7 heteroatoms. The lowest BCUT2D eigenvalue weighted by Gasteiger charge is -2.27. The van der Waals surface area contributed by atoms with Crippen molar-refractivity contribution in [2.75, 3.05) is 32.8 Å². The van der Waals surface area contributed by atoms with Crippen LogP contribution in [0, 0.1) is 11.3 Å². The van der Waals surface area contributed by atoms with Gasteiger partial charge in [-0.15, -0.1) is 0 Å². The number of carboxylic acid groups (broad SMARTS) is 1. The minimum Gasteiger partial charge on any atom is -0.481 e. The van der Waals surface area contributed by atoms with Crippen molar-refractivity contribution in [3.63, 3.8) is 0 Å². The van der Waals surface area contributed by atoms with Crippen molar-refractivity contribution < 1.29 is 27.8 Å². The number of likely N-dealkylation sites (tertiary alicyclic amines) is 1. The molecule has 0 aromatic heterocycles. The highest BCUT2D eigenvalue weighted by Gasteiger charge is 2.63. The highest BCUT2D eigenvalue weighted by molar-refractivity contribution is 5.76. The molecular weight excluding hydrogens is 263 g/mol. The zero-order valence-electron chi connectivity index (χ0n) is 11.2. The number of aliphatic carboxylic acids is 1. The second-order valence-electron chi connectivity index (χ2n) is 5.38. The van der Waals surface area contributed by atoms with Gasteiger partial charge in [-0.05, 0) is 18.9 Å². The van der Waals surface area contributed by atoms with Crippen molar-refractivity contribution in [2.45, 2.75) is 26.4 Å². The van der Waals surface area contributed by atoms with Crippen molar-refractivity contribution in [1.82, 2.24) is 4.90 Å². The molecule has 1 unspecified atom stereocenters. The van der Waals surface area contributed by atoms with E-state index in [-0.39, 0.29) is 6.54 Å². The van der Waals surface area contributed by atoms with Crippen molar-refractivity contribution in [3.8, 4) is 0 Å².